The summed E-state index contributed by atoms with van der Waals surface area (Å²) in [5.41, 5.74) is 2.15. The second-order valence-electron chi connectivity index (χ2n) is 4.51. The number of amides is 1. The lowest BCUT2D eigenvalue weighted by atomic mass is 10.1. The van der Waals surface area contributed by atoms with E-state index in [1.807, 2.05) is 23.1 Å². The monoisotopic (exact) mass is 251 g/mol. The first-order chi connectivity index (χ1) is 8.25. The molecule has 90 valence electrons. The fourth-order valence-electron chi connectivity index (χ4n) is 2.55. The molecule has 0 radical (unpaired) electrons. The molecule has 0 N–H and O–H groups in total. The number of hydrogen-bond donors (Lipinski definition) is 0. The number of nitrogens with zero attached hydrogens (tertiary/aromatic N) is 1. The predicted octanol–water partition coefficient (Wildman–Crippen LogP) is 2.41. The molecule has 17 heavy (non-hydrogen) atoms. The minimum Gasteiger partial charge on any atom is -0.368 e. The second-order valence-corrected chi connectivity index (χ2v) is 4.95. The van der Waals surface area contributed by atoms with Crippen LogP contribution < -0.4 is 4.90 Å². The third-order valence-electron chi connectivity index (χ3n) is 3.41. The van der Waals surface area contributed by atoms with E-state index in [1.54, 1.807) is 0 Å². The number of halogens is 1. The first kappa shape index (κ1) is 11.1. The summed E-state index contributed by atoms with van der Waals surface area (Å²) in [6.45, 7) is 1.45. The highest BCUT2D eigenvalue weighted by Crippen LogP contribution is 2.31. The van der Waals surface area contributed by atoms with Gasteiger partial charge in [0.25, 0.3) is 5.91 Å². The van der Waals surface area contributed by atoms with Crippen LogP contribution in [0.15, 0.2) is 18.2 Å². The molecule has 1 fully saturated rings. The van der Waals surface area contributed by atoms with E-state index in [0.717, 1.165) is 42.1 Å². The molecule has 1 saturated heterocycles. The molecule has 0 spiro atoms. The van der Waals surface area contributed by atoms with Crippen molar-refractivity contribution in [3.8, 4) is 0 Å². The van der Waals surface area contributed by atoms with Crippen molar-refractivity contribution in [3.05, 3.63) is 28.8 Å². The highest BCUT2D eigenvalue weighted by Gasteiger charge is 2.32. The van der Waals surface area contributed by atoms with Crippen LogP contribution in [0, 0.1) is 0 Å². The molecule has 1 amide bonds. The lowest BCUT2D eigenvalue weighted by Gasteiger charge is -2.20. The van der Waals surface area contributed by atoms with Crippen LogP contribution >= 0.6 is 11.6 Å². The number of fused-ring (bicyclic) bond motifs is 1. The Hall–Kier alpha value is -1.06. The summed E-state index contributed by atoms with van der Waals surface area (Å²) in [5, 5.41) is 0.732. The van der Waals surface area contributed by atoms with E-state index in [2.05, 4.69) is 0 Å². The van der Waals surface area contributed by atoms with E-state index in [4.69, 9.17) is 16.3 Å². The van der Waals surface area contributed by atoms with Crippen LogP contribution in [-0.4, -0.2) is 25.2 Å². The lowest BCUT2D eigenvalue weighted by Crippen LogP contribution is -2.37. The van der Waals surface area contributed by atoms with Crippen LogP contribution in [0.25, 0.3) is 0 Å². The molecule has 2 heterocycles. The maximum atomic E-state index is 12.3. The van der Waals surface area contributed by atoms with Gasteiger partial charge in [0.15, 0.2) is 0 Å². The zero-order valence-corrected chi connectivity index (χ0v) is 10.2. The summed E-state index contributed by atoms with van der Waals surface area (Å²) in [6, 6.07) is 5.71. The molecule has 1 aromatic carbocycles. The van der Waals surface area contributed by atoms with Gasteiger partial charge in [-0.2, -0.15) is 0 Å². The van der Waals surface area contributed by atoms with Crippen LogP contribution in [0.4, 0.5) is 5.69 Å². The molecule has 2 aliphatic heterocycles. The SMILES string of the molecule is O=C(C1CCCO1)N1CCc2cc(Cl)ccc21. The Morgan fingerprint density at radius 1 is 1.47 bits per heavy atom. The fourth-order valence-corrected chi connectivity index (χ4v) is 2.74. The zero-order chi connectivity index (χ0) is 11.8. The molecular weight excluding hydrogens is 238 g/mol. The Labute approximate surface area is 105 Å². The standard InChI is InChI=1S/C13H14ClNO2/c14-10-3-4-11-9(8-10)5-6-15(11)13(16)12-2-1-7-17-12/h3-4,8,12H,1-2,5-7H2. The maximum Gasteiger partial charge on any atom is 0.256 e. The van der Waals surface area contributed by atoms with Gasteiger partial charge in [-0.25, -0.2) is 0 Å². The van der Waals surface area contributed by atoms with Crippen molar-refractivity contribution in [1.82, 2.24) is 0 Å². The van der Waals surface area contributed by atoms with E-state index < -0.39 is 0 Å². The Morgan fingerprint density at radius 2 is 2.35 bits per heavy atom. The molecule has 4 heteroatoms. The van der Waals surface area contributed by atoms with Crippen molar-refractivity contribution in [2.45, 2.75) is 25.4 Å². The third-order valence-corrected chi connectivity index (χ3v) is 3.64. The van der Waals surface area contributed by atoms with Gasteiger partial charge < -0.3 is 9.64 Å². The Kier molecular flexibility index (Phi) is 2.81. The van der Waals surface area contributed by atoms with Gasteiger partial charge in [-0.1, -0.05) is 11.6 Å². The van der Waals surface area contributed by atoms with Gasteiger partial charge >= 0.3 is 0 Å². The predicted molar refractivity (Wildman–Crippen MR) is 66.5 cm³/mol. The molecule has 0 aromatic heterocycles. The quantitative estimate of drug-likeness (QED) is 0.767. The van der Waals surface area contributed by atoms with Gasteiger partial charge in [0, 0.05) is 23.9 Å². The summed E-state index contributed by atoms with van der Waals surface area (Å²) in [6.07, 6.45) is 2.47. The average Bonchev–Trinajstić information content (AvgIpc) is 2.96. The summed E-state index contributed by atoms with van der Waals surface area (Å²) in [5.74, 6) is 0.101. The van der Waals surface area contributed by atoms with E-state index in [9.17, 15) is 4.79 Å². The van der Waals surface area contributed by atoms with Crippen LogP contribution in [-0.2, 0) is 16.0 Å². The summed E-state index contributed by atoms with van der Waals surface area (Å²) < 4.78 is 5.45. The normalized spacial score (nSPS) is 22.9. The van der Waals surface area contributed by atoms with Crippen molar-refractivity contribution < 1.29 is 9.53 Å². The maximum absolute atomic E-state index is 12.3. The molecule has 3 rings (SSSR count). The van der Waals surface area contributed by atoms with Gasteiger partial charge in [0.1, 0.15) is 6.10 Å². The summed E-state index contributed by atoms with van der Waals surface area (Å²) in [7, 11) is 0. The first-order valence-electron chi connectivity index (χ1n) is 5.97. The number of carbonyl (C=O) groups excluding carboxylic acids is 1. The average molecular weight is 252 g/mol. The smallest absolute Gasteiger partial charge is 0.256 e. The number of anilines is 1. The van der Waals surface area contributed by atoms with Crippen molar-refractivity contribution in [2.24, 2.45) is 0 Å². The molecule has 0 saturated carbocycles. The van der Waals surface area contributed by atoms with Gasteiger partial charge in [0.05, 0.1) is 0 Å². The minimum atomic E-state index is -0.239. The first-order valence-corrected chi connectivity index (χ1v) is 6.35. The summed E-state index contributed by atoms with van der Waals surface area (Å²) in [4.78, 5) is 14.1. The van der Waals surface area contributed by atoms with Crippen LogP contribution in [0.2, 0.25) is 5.02 Å². The molecule has 0 bridgehead atoms. The number of benzene rings is 1. The topological polar surface area (TPSA) is 29.5 Å². The molecule has 3 nitrogen and oxygen atoms in total. The van der Waals surface area contributed by atoms with E-state index in [-0.39, 0.29) is 12.0 Å². The summed E-state index contributed by atoms with van der Waals surface area (Å²) >= 11 is 5.95. The second kappa shape index (κ2) is 4.31. The van der Waals surface area contributed by atoms with E-state index >= 15 is 0 Å². The highest BCUT2D eigenvalue weighted by atomic mass is 35.5. The molecule has 0 aliphatic carbocycles. The van der Waals surface area contributed by atoms with Crippen LogP contribution in [0.1, 0.15) is 18.4 Å². The minimum absolute atomic E-state index is 0.101. The lowest BCUT2D eigenvalue weighted by molar-refractivity contribution is -0.127. The van der Waals surface area contributed by atoms with Crippen LogP contribution in [0.3, 0.4) is 0 Å². The van der Waals surface area contributed by atoms with Gasteiger partial charge in [-0.3, -0.25) is 4.79 Å². The van der Waals surface area contributed by atoms with Crippen LogP contribution in [0.5, 0.6) is 0 Å². The number of ether oxygens (including phenoxy) is 1. The molecule has 1 aromatic rings. The largest absolute Gasteiger partial charge is 0.368 e. The van der Waals surface area contributed by atoms with Crippen molar-refractivity contribution in [3.63, 3.8) is 0 Å². The van der Waals surface area contributed by atoms with Gasteiger partial charge in [-0.15, -0.1) is 0 Å². The molecule has 1 atom stereocenters. The zero-order valence-electron chi connectivity index (χ0n) is 9.49. The molecule has 1 unspecified atom stereocenters. The van der Waals surface area contributed by atoms with Gasteiger partial charge in [-0.05, 0) is 43.0 Å². The Balaban J connectivity index is 1.85. The Bertz CT molecular complexity index is 455. The van der Waals surface area contributed by atoms with Gasteiger partial charge in [0.2, 0.25) is 0 Å². The fraction of sp³-hybridized carbons (Fsp3) is 0.462. The van der Waals surface area contributed by atoms with Crippen molar-refractivity contribution in [1.29, 1.82) is 0 Å². The van der Waals surface area contributed by atoms with Crippen molar-refractivity contribution in [2.75, 3.05) is 18.1 Å². The third kappa shape index (κ3) is 1.94. The molecule has 2 aliphatic rings. The highest BCUT2D eigenvalue weighted by molar-refractivity contribution is 6.30. The number of rotatable bonds is 1. The van der Waals surface area contributed by atoms with Crippen molar-refractivity contribution >= 4 is 23.2 Å². The number of carbonyl (C=O) groups is 1. The van der Waals surface area contributed by atoms with E-state index in [1.165, 1.54) is 0 Å². The van der Waals surface area contributed by atoms with E-state index in [0.29, 0.717) is 6.61 Å². The Morgan fingerprint density at radius 3 is 3.12 bits per heavy atom. The number of hydrogen-bond acceptors (Lipinski definition) is 2. The molecular formula is C13H14ClNO2.